The molecule has 0 saturated heterocycles. The summed E-state index contributed by atoms with van der Waals surface area (Å²) < 4.78 is 16.9. The first-order chi connectivity index (χ1) is 39.5. The van der Waals surface area contributed by atoms with E-state index in [0.29, 0.717) is 19.3 Å². The summed E-state index contributed by atoms with van der Waals surface area (Å²) in [4.78, 5) is 38.3. The maximum atomic E-state index is 12.9. The van der Waals surface area contributed by atoms with Crippen LogP contribution in [0.1, 0.15) is 310 Å². The molecule has 0 N–H and O–H groups in total. The molecule has 0 aromatic carbocycles. The van der Waals surface area contributed by atoms with Gasteiger partial charge in [-0.15, -0.1) is 0 Å². The summed E-state index contributed by atoms with van der Waals surface area (Å²) in [5.41, 5.74) is 0. The number of rotatable bonds is 60. The first-order valence-corrected chi connectivity index (χ1v) is 33.5. The van der Waals surface area contributed by atoms with Crippen LogP contribution in [0.25, 0.3) is 0 Å². The second-order valence-electron chi connectivity index (χ2n) is 22.0. The van der Waals surface area contributed by atoms with Gasteiger partial charge < -0.3 is 14.2 Å². The molecule has 1 atom stereocenters. The van der Waals surface area contributed by atoms with Crippen molar-refractivity contribution >= 4 is 17.9 Å². The molecule has 0 aliphatic carbocycles. The third-order valence-electron chi connectivity index (χ3n) is 14.2. The summed E-state index contributed by atoms with van der Waals surface area (Å²) in [6.45, 7) is 6.38. The molecule has 0 aliphatic heterocycles. The van der Waals surface area contributed by atoms with Crippen LogP contribution in [0, 0.1) is 0 Å². The Bertz CT molecular complexity index is 1650. The Labute approximate surface area is 494 Å². The fraction of sp³-hybridized carbons (Fsp3) is 0.689. The van der Waals surface area contributed by atoms with Crippen LogP contribution in [-0.2, 0) is 28.6 Å². The molecule has 80 heavy (non-hydrogen) atoms. The van der Waals surface area contributed by atoms with Crippen molar-refractivity contribution in [3.05, 3.63) is 122 Å². The molecule has 456 valence electrons. The minimum absolute atomic E-state index is 0.0910. The maximum absolute atomic E-state index is 12.9. The Morgan fingerprint density at radius 3 is 0.775 bits per heavy atom. The smallest absolute Gasteiger partial charge is 0.306 e. The van der Waals surface area contributed by atoms with Crippen molar-refractivity contribution in [3.63, 3.8) is 0 Å². The highest BCUT2D eigenvalue weighted by molar-refractivity contribution is 5.71. The van der Waals surface area contributed by atoms with E-state index in [9.17, 15) is 14.4 Å². The van der Waals surface area contributed by atoms with Gasteiger partial charge in [0, 0.05) is 19.3 Å². The average molecular weight is 1110 g/mol. The van der Waals surface area contributed by atoms with Crippen molar-refractivity contribution in [1.29, 1.82) is 0 Å². The first-order valence-electron chi connectivity index (χ1n) is 33.5. The summed E-state index contributed by atoms with van der Waals surface area (Å²) in [7, 11) is 0. The molecule has 0 fully saturated rings. The summed E-state index contributed by atoms with van der Waals surface area (Å²) in [5.74, 6) is -0.922. The molecule has 1 unspecified atom stereocenters. The molecule has 0 rings (SSSR count). The Hall–Kier alpha value is -4.19. The van der Waals surface area contributed by atoms with Crippen LogP contribution >= 0.6 is 0 Å². The van der Waals surface area contributed by atoms with E-state index < -0.39 is 6.10 Å². The topological polar surface area (TPSA) is 78.9 Å². The molecule has 0 saturated carbocycles. The second kappa shape index (κ2) is 67.3. The van der Waals surface area contributed by atoms with Gasteiger partial charge in [-0.3, -0.25) is 14.4 Å². The molecule has 0 aromatic rings. The highest BCUT2D eigenvalue weighted by Crippen LogP contribution is 2.16. The monoisotopic (exact) mass is 1110 g/mol. The molecule has 0 radical (unpaired) electrons. The quantitative estimate of drug-likeness (QED) is 0.0261. The van der Waals surface area contributed by atoms with Gasteiger partial charge in [-0.1, -0.05) is 284 Å². The predicted molar refractivity (Wildman–Crippen MR) is 348 cm³/mol. The molecular weight excluding hydrogens is 985 g/mol. The Morgan fingerprint density at radius 1 is 0.263 bits per heavy atom. The van der Waals surface area contributed by atoms with E-state index in [1.54, 1.807) is 0 Å². The van der Waals surface area contributed by atoms with E-state index >= 15 is 0 Å². The third-order valence-corrected chi connectivity index (χ3v) is 14.2. The molecule has 0 heterocycles. The highest BCUT2D eigenvalue weighted by Gasteiger charge is 2.19. The average Bonchev–Trinajstić information content (AvgIpc) is 3.46. The first kappa shape index (κ1) is 75.8. The number of hydrogen-bond acceptors (Lipinski definition) is 6. The van der Waals surface area contributed by atoms with Crippen LogP contribution in [0.5, 0.6) is 0 Å². The van der Waals surface area contributed by atoms with Gasteiger partial charge in [-0.2, -0.15) is 0 Å². The van der Waals surface area contributed by atoms with Crippen molar-refractivity contribution in [2.75, 3.05) is 13.2 Å². The Morgan fingerprint density at radius 2 is 0.487 bits per heavy atom. The summed E-state index contributed by atoms with van der Waals surface area (Å²) in [6, 6.07) is 0. The summed E-state index contributed by atoms with van der Waals surface area (Å²) in [5, 5.41) is 0. The van der Waals surface area contributed by atoms with Crippen LogP contribution in [0.2, 0.25) is 0 Å². The van der Waals surface area contributed by atoms with E-state index in [2.05, 4.69) is 142 Å². The number of carbonyl (C=O) groups is 3. The van der Waals surface area contributed by atoms with Gasteiger partial charge in [0.15, 0.2) is 6.10 Å². The molecule has 0 amide bonds. The second-order valence-corrected chi connectivity index (χ2v) is 22.0. The zero-order valence-corrected chi connectivity index (χ0v) is 52.3. The number of carbonyl (C=O) groups excluding carboxylic acids is 3. The zero-order valence-electron chi connectivity index (χ0n) is 52.3. The van der Waals surface area contributed by atoms with E-state index in [-0.39, 0.29) is 31.1 Å². The van der Waals surface area contributed by atoms with Crippen molar-refractivity contribution in [1.82, 2.24) is 0 Å². The number of unbranched alkanes of at least 4 members (excludes halogenated alkanes) is 29. The summed E-state index contributed by atoms with van der Waals surface area (Å²) >= 11 is 0. The number of esters is 3. The SMILES string of the molecule is CC/C=C\C/C=C\C/C=C\C/C=C\C/C=C\CCCCCCCCCCCCCCCCCC(=O)OCC(COC(=O)CCCCC/C=C\C/C=C\C/C=C\CC)OC(=O)CCCCCCCCC/C=C\C/C=C\CCCCCC. The van der Waals surface area contributed by atoms with Gasteiger partial charge in [0.2, 0.25) is 0 Å². The fourth-order valence-corrected chi connectivity index (χ4v) is 9.22. The lowest BCUT2D eigenvalue weighted by molar-refractivity contribution is -0.167. The van der Waals surface area contributed by atoms with E-state index in [1.165, 1.54) is 141 Å². The number of allylic oxidation sites excluding steroid dienone is 20. The fourth-order valence-electron chi connectivity index (χ4n) is 9.22. The van der Waals surface area contributed by atoms with Crippen molar-refractivity contribution < 1.29 is 28.6 Å². The van der Waals surface area contributed by atoms with Gasteiger partial charge in [-0.05, 0) is 128 Å². The van der Waals surface area contributed by atoms with Gasteiger partial charge in [0.05, 0.1) is 0 Å². The van der Waals surface area contributed by atoms with Crippen LogP contribution in [0.4, 0.5) is 0 Å². The standard InChI is InChI=1S/C74H124O6/c1-4-7-10-13-16-19-22-25-27-29-31-32-33-34-35-36-37-38-39-40-41-42-43-45-46-49-52-55-58-61-64-67-73(76)79-70-71(69-78-72(75)66-63-60-57-54-51-48-24-21-18-15-12-9-6-3)80-74(77)68-65-62-59-56-53-50-47-44-30-28-26-23-20-17-14-11-8-5-2/h7,9-10,12,16,18-21,23,25,27-28,30-32,34-35,48,51,71H,4-6,8,11,13-15,17,22,24,26,29,33,36-47,49-50,52-70H2,1-3H3/b10-7-,12-9-,19-16-,21-18-,23-20-,27-25-,30-28-,32-31-,35-34-,51-48-. The summed E-state index contributed by atoms with van der Waals surface area (Å²) in [6.07, 6.45) is 93.6. The normalized spacial score (nSPS) is 12.9. The maximum Gasteiger partial charge on any atom is 0.306 e. The highest BCUT2D eigenvalue weighted by atomic mass is 16.6. The van der Waals surface area contributed by atoms with E-state index in [0.717, 1.165) is 128 Å². The van der Waals surface area contributed by atoms with Crippen LogP contribution in [0.3, 0.4) is 0 Å². The van der Waals surface area contributed by atoms with Crippen LogP contribution in [0.15, 0.2) is 122 Å². The lowest BCUT2D eigenvalue weighted by Gasteiger charge is -2.18. The van der Waals surface area contributed by atoms with Gasteiger partial charge in [0.25, 0.3) is 0 Å². The van der Waals surface area contributed by atoms with Crippen molar-refractivity contribution in [2.45, 2.75) is 316 Å². The van der Waals surface area contributed by atoms with E-state index in [1.807, 2.05) is 0 Å². The molecule has 0 aromatic heterocycles. The lowest BCUT2D eigenvalue weighted by atomic mass is 10.0. The lowest BCUT2D eigenvalue weighted by Crippen LogP contribution is -2.30. The van der Waals surface area contributed by atoms with Gasteiger partial charge in [0.1, 0.15) is 13.2 Å². The molecular formula is C74H124O6. The molecule has 0 aliphatic rings. The minimum atomic E-state index is -0.797. The largest absolute Gasteiger partial charge is 0.462 e. The van der Waals surface area contributed by atoms with Crippen LogP contribution in [-0.4, -0.2) is 37.2 Å². The molecule has 0 spiro atoms. The minimum Gasteiger partial charge on any atom is -0.462 e. The third kappa shape index (κ3) is 64.6. The number of hydrogen-bond donors (Lipinski definition) is 0. The van der Waals surface area contributed by atoms with Gasteiger partial charge >= 0.3 is 17.9 Å². The van der Waals surface area contributed by atoms with Crippen molar-refractivity contribution in [3.8, 4) is 0 Å². The Kier molecular flexibility index (Phi) is 63.8. The van der Waals surface area contributed by atoms with E-state index in [4.69, 9.17) is 14.2 Å². The van der Waals surface area contributed by atoms with Crippen LogP contribution < -0.4 is 0 Å². The number of ether oxygens (including phenoxy) is 3. The molecule has 6 nitrogen and oxygen atoms in total. The van der Waals surface area contributed by atoms with Crippen molar-refractivity contribution in [2.24, 2.45) is 0 Å². The zero-order chi connectivity index (χ0) is 57.8. The van der Waals surface area contributed by atoms with Gasteiger partial charge in [-0.25, -0.2) is 0 Å². The Balaban J connectivity index is 4.25. The molecule has 0 bridgehead atoms. The molecule has 6 heteroatoms. The predicted octanol–water partition coefficient (Wildman–Crippen LogP) is 23.2.